The lowest BCUT2D eigenvalue weighted by Crippen LogP contribution is -2.43. The zero-order valence-corrected chi connectivity index (χ0v) is 17.1. The van der Waals surface area contributed by atoms with Gasteiger partial charge < -0.3 is 4.74 Å². The van der Waals surface area contributed by atoms with Gasteiger partial charge in [-0.2, -0.15) is 0 Å². The summed E-state index contributed by atoms with van der Waals surface area (Å²) in [5, 5.41) is 3.52. The molecule has 1 unspecified atom stereocenters. The molecule has 0 aliphatic carbocycles. The fourth-order valence-electron chi connectivity index (χ4n) is 3.79. The highest BCUT2D eigenvalue weighted by atomic mass is 31.2. The van der Waals surface area contributed by atoms with Crippen LogP contribution in [0.1, 0.15) is 13.3 Å². The van der Waals surface area contributed by atoms with Crippen LogP contribution in [-0.2, 0) is 9.53 Å². The van der Waals surface area contributed by atoms with Crippen LogP contribution >= 0.6 is 7.26 Å². The molecule has 3 aromatic rings. The molecule has 0 aromatic heterocycles. The summed E-state index contributed by atoms with van der Waals surface area (Å²) in [5.74, 6) is -0.160. The highest BCUT2D eigenvalue weighted by molar-refractivity contribution is 7.96. The second-order valence-corrected chi connectivity index (χ2v) is 10.1. The molecule has 1 atom stereocenters. The third-order valence-electron chi connectivity index (χ3n) is 4.91. The second kappa shape index (κ2) is 9.48. The average Bonchev–Trinajstić information content (AvgIpc) is 2.76. The van der Waals surface area contributed by atoms with E-state index in [1.165, 1.54) is 15.9 Å². The lowest BCUT2D eigenvalue weighted by Gasteiger charge is -2.33. The standard InChI is InChI=1S/C25H26O2P/c1-3-14-24(25(26)27-4-2)28(21-15-8-5-9-16-21,22-17-10-6-11-18-22)23-19-12-7-13-20-23/h3,5-13,15-20,24H,1,4,14H2,2H3/q+1. The van der Waals surface area contributed by atoms with Crippen molar-refractivity contribution >= 4 is 29.1 Å². The minimum atomic E-state index is -2.31. The molecule has 3 rings (SSSR count). The van der Waals surface area contributed by atoms with E-state index in [1.807, 2.05) is 67.6 Å². The minimum absolute atomic E-state index is 0.160. The Balaban J connectivity index is 2.39. The van der Waals surface area contributed by atoms with Gasteiger partial charge in [0.25, 0.3) is 0 Å². The number of allylic oxidation sites excluding steroid dienone is 1. The van der Waals surface area contributed by atoms with E-state index in [4.69, 9.17) is 4.74 Å². The Morgan fingerprint density at radius 2 is 1.25 bits per heavy atom. The summed E-state index contributed by atoms with van der Waals surface area (Å²) < 4.78 is 5.57. The van der Waals surface area contributed by atoms with Crippen LogP contribution in [0.15, 0.2) is 104 Å². The summed E-state index contributed by atoms with van der Waals surface area (Å²) >= 11 is 0. The van der Waals surface area contributed by atoms with Crippen LogP contribution in [0.2, 0.25) is 0 Å². The van der Waals surface area contributed by atoms with E-state index in [1.54, 1.807) is 0 Å². The van der Waals surface area contributed by atoms with Gasteiger partial charge in [-0.25, -0.2) is 4.79 Å². The zero-order valence-electron chi connectivity index (χ0n) is 16.2. The average molecular weight is 389 g/mol. The second-order valence-electron chi connectivity index (χ2n) is 6.52. The number of benzene rings is 3. The van der Waals surface area contributed by atoms with E-state index in [0.29, 0.717) is 13.0 Å². The van der Waals surface area contributed by atoms with E-state index in [2.05, 4.69) is 43.0 Å². The molecule has 3 heteroatoms. The van der Waals surface area contributed by atoms with Crippen molar-refractivity contribution in [3.8, 4) is 0 Å². The number of esters is 1. The summed E-state index contributed by atoms with van der Waals surface area (Å²) in [7, 11) is -2.31. The van der Waals surface area contributed by atoms with E-state index >= 15 is 0 Å². The SMILES string of the molecule is C=CCC(C(=O)OCC)[P+](c1ccccc1)(c1ccccc1)c1ccccc1. The maximum absolute atomic E-state index is 13.3. The first-order valence-electron chi connectivity index (χ1n) is 9.58. The zero-order chi connectivity index (χ0) is 19.8. The fourth-order valence-corrected chi connectivity index (χ4v) is 8.54. The quantitative estimate of drug-likeness (QED) is 0.322. The first kappa shape index (κ1) is 20.0. The van der Waals surface area contributed by atoms with Gasteiger partial charge >= 0.3 is 5.97 Å². The minimum Gasteiger partial charge on any atom is -0.463 e. The van der Waals surface area contributed by atoms with Gasteiger partial charge in [-0.05, 0) is 43.3 Å². The van der Waals surface area contributed by atoms with Crippen molar-refractivity contribution in [2.75, 3.05) is 6.61 Å². The van der Waals surface area contributed by atoms with Gasteiger partial charge in [0.2, 0.25) is 0 Å². The Kier molecular flexibility index (Phi) is 6.79. The van der Waals surface area contributed by atoms with Crippen molar-refractivity contribution in [3.05, 3.63) is 104 Å². The van der Waals surface area contributed by atoms with Crippen LogP contribution in [0, 0.1) is 0 Å². The highest BCUT2D eigenvalue weighted by Crippen LogP contribution is 2.61. The Labute approximate surface area is 168 Å². The van der Waals surface area contributed by atoms with Crippen LogP contribution in [0.3, 0.4) is 0 Å². The monoisotopic (exact) mass is 389 g/mol. The van der Waals surface area contributed by atoms with Crippen LogP contribution in [0.25, 0.3) is 0 Å². The van der Waals surface area contributed by atoms with Crippen LogP contribution in [0.5, 0.6) is 0 Å². The first-order valence-corrected chi connectivity index (χ1v) is 11.4. The Hall–Kier alpha value is -2.70. The highest BCUT2D eigenvalue weighted by Gasteiger charge is 2.55. The molecule has 0 saturated heterocycles. The summed E-state index contributed by atoms with van der Waals surface area (Å²) in [5.41, 5.74) is -0.322. The number of rotatable bonds is 8. The van der Waals surface area contributed by atoms with Crippen LogP contribution in [-0.4, -0.2) is 18.2 Å². The number of ether oxygens (including phenoxy) is 1. The van der Waals surface area contributed by atoms with Crippen molar-refractivity contribution in [3.63, 3.8) is 0 Å². The molecule has 0 amide bonds. The number of hydrogen-bond acceptors (Lipinski definition) is 2. The Bertz CT molecular complexity index is 795. The lowest BCUT2D eigenvalue weighted by molar-refractivity contribution is -0.142. The van der Waals surface area contributed by atoms with Gasteiger partial charge in [0.05, 0.1) is 6.61 Å². The number of carbonyl (C=O) groups excluding carboxylic acids is 1. The summed E-state index contributed by atoms with van der Waals surface area (Å²) in [6.45, 7) is 6.17. The molecule has 0 aliphatic heterocycles. The van der Waals surface area contributed by atoms with Crippen molar-refractivity contribution in [1.82, 2.24) is 0 Å². The summed E-state index contributed by atoms with van der Waals surface area (Å²) in [6, 6.07) is 31.2. The molecular formula is C25H26O2P+. The van der Waals surface area contributed by atoms with E-state index in [9.17, 15) is 4.79 Å². The predicted octanol–water partition coefficient (Wildman–Crippen LogP) is 4.49. The molecule has 0 N–H and O–H groups in total. The normalized spacial score (nSPS) is 12.2. The third kappa shape index (κ3) is 3.79. The largest absolute Gasteiger partial charge is 0.463 e. The molecule has 0 bridgehead atoms. The molecule has 142 valence electrons. The van der Waals surface area contributed by atoms with Crippen molar-refractivity contribution < 1.29 is 9.53 Å². The van der Waals surface area contributed by atoms with Crippen molar-refractivity contribution in [2.24, 2.45) is 0 Å². The molecule has 2 nitrogen and oxygen atoms in total. The van der Waals surface area contributed by atoms with Crippen molar-refractivity contribution in [2.45, 2.75) is 19.0 Å². The molecule has 0 heterocycles. The number of hydrogen-bond donors (Lipinski definition) is 0. The smallest absolute Gasteiger partial charge is 0.348 e. The van der Waals surface area contributed by atoms with Crippen molar-refractivity contribution in [1.29, 1.82) is 0 Å². The van der Waals surface area contributed by atoms with Gasteiger partial charge in [-0.1, -0.05) is 60.7 Å². The Morgan fingerprint density at radius 3 is 1.57 bits per heavy atom. The summed E-state index contributed by atoms with van der Waals surface area (Å²) in [6.07, 6.45) is 2.40. The molecule has 3 aromatic carbocycles. The number of carbonyl (C=O) groups is 1. The van der Waals surface area contributed by atoms with Crippen LogP contribution in [0.4, 0.5) is 0 Å². The van der Waals surface area contributed by atoms with E-state index < -0.39 is 7.26 Å². The lowest BCUT2D eigenvalue weighted by atomic mass is 10.3. The molecule has 0 radical (unpaired) electrons. The summed E-state index contributed by atoms with van der Waals surface area (Å²) in [4.78, 5) is 13.3. The van der Waals surface area contributed by atoms with Gasteiger partial charge in [0, 0.05) is 6.42 Å². The molecule has 28 heavy (non-hydrogen) atoms. The van der Waals surface area contributed by atoms with Crippen LogP contribution < -0.4 is 15.9 Å². The molecule has 0 fully saturated rings. The maximum atomic E-state index is 13.3. The van der Waals surface area contributed by atoms with Gasteiger partial charge in [-0.3, -0.25) is 0 Å². The first-order chi connectivity index (χ1) is 13.7. The molecule has 0 saturated carbocycles. The van der Waals surface area contributed by atoms with Gasteiger partial charge in [0.1, 0.15) is 23.2 Å². The Morgan fingerprint density at radius 1 is 0.857 bits per heavy atom. The molecular weight excluding hydrogens is 363 g/mol. The van der Waals surface area contributed by atoms with E-state index in [0.717, 1.165) is 0 Å². The van der Waals surface area contributed by atoms with E-state index in [-0.39, 0.29) is 11.6 Å². The third-order valence-corrected chi connectivity index (χ3v) is 9.60. The molecule has 0 aliphatic rings. The fraction of sp³-hybridized carbons (Fsp3) is 0.160. The van der Waals surface area contributed by atoms with Gasteiger partial charge in [0.15, 0.2) is 5.66 Å². The van der Waals surface area contributed by atoms with Gasteiger partial charge in [-0.15, -0.1) is 6.58 Å². The predicted molar refractivity (Wildman–Crippen MR) is 120 cm³/mol. The molecule has 0 spiro atoms. The maximum Gasteiger partial charge on any atom is 0.348 e. The topological polar surface area (TPSA) is 26.3 Å².